The summed E-state index contributed by atoms with van der Waals surface area (Å²) in [5.74, 6) is 0. The van der Waals surface area contributed by atoms with Crippen LogP contribution in [0, 0.1) is 6.92 Å². The predicted molar refractivity (Wildman–Crippen MR) is 80.9 cm³/mol. The van der Waals surface area contributed by atoms with Crippen molar-refractivity contribution in [3.63, 3.8) is 0 Å². The Morgan fingerprint density at radius 3 is 2.70 bits per heavy atom. The molecule has 110 valence electrons. The van der Waals surface area contributed by atoms with E-state index in [4.69, 9.17) is 9.84 Å². The van der Waals surface area contributed by atoms with Crippen molar-refractivity contribution in [2.45, 2.75) is 49.0 Å². The molecule has 3 atom stereocenters. The van der Waals surface area contributed by atoms with Crippen molar-refractivity contribution in [3.8, 4) is 0 Å². The lowest BCUT2D eigenvalue weighted by Crippen LogP contribution is -2.20. The Hall–Kier alpha value is -0.970. The van der Waals surface area contributed by atoms with Gasteiger partial charge in [0, 0.05) is 4.90 Å². The van der Waals surface area contributed by atoms with Gasteiger partial charge >= 0.3 is 0 Å². The zero-order valence-corrected chi connectivity index (χ0v) is 12.9. The maximum absolute atomic E-state index is 12.8. The summed E-state index contributed by atoms with van der Waals surface area (Å²) < 4.78 is 18.5. The highest BCUT2D eigenvalue weighted by atomic mass is 32.2. The molecule has 0 aromatic heterocycles. The normalized spacial score (nSPS) is 26.9. The average Bonchev–Trinajstić information content (AvgIpc) is 3.17. The van der Waals surface area contributed by atoms with Crippen LogP contribution in [0.25, 0.3) is 0 Å². The first kappa shape index (κ1) is 15.4. The molecule has 1 heterocycles. The summed E-state index contributed by atoms with van der Waals surface area (Å²) in [5.41, 5.74) is 1.14. The van der Waals surface area contributed by atoms with E-state index in [0.717, 1.165) is 29.7 Å². The van der Waals surface area contributed by atoms with Crippen LogP contribution in [0.3, 0.4) is 0 Å². The number of aliphatic hydroxyl groups excluding tert-OH is 1. The first-order valence-corrected chi connectivity index (χ1v) is 8.24. The molecule has 3 nitrogen and oxygen atoms in total. The van der Waals surface area contributed by atoms with Gasteiger partial charge in [-0.25, -0.2) is 0 Å². The van der Waals surface area contributed by atoms with E-state index in [1.165, 1.54) is 0 Å². The van der Waals surface area contributed by atoms with Crippen LogP contribution in [0.5, 0.6) is 0 Å². The summed E-state index contributed by atoms with van der Waals surface area (Å²) in [5, 5.41) is 8.97. The molecule has 20 heavy (non-hydrogen) atoms. The van der Waals surface area contributed by atoms with Crippen LogP contribution < -0.4 is 0 Å². The largest absolute Gasteiger partial charge is 0.392 e. The molecule has 0 saturated carbocycles. The number of aryl methyl sites for hydroxylation is 1. The third kappa shape index (κ3) is 3.19. The molecule has 0 unspecified atom stereocenters. The molecule has 1 aromatic rings. The van der Waals surface area contributed by atoms with E-state index < -0.39 is 15.7 Å². The molecule has 1 saturated heterocycles. The van der Waals surface area contributed by atoms with E-state index in [-0.39, 0.29) is 12.7 Å². The molecule has 1 fully saturated rings. The number of aliphatic hydroxyl groups is 1. The van der Waals surface area contributed by atoms with E-state index in [1.807, 2.05) is 31.2 Å². The standard InChI is InChI=1S/C16H22O3S/c1-3-4-6-15-16(19-15,11-5-12-17)20(18)14-9-7-13(2)8-10-14/h5,7-11,15,17H,3-4,6,12H2,1-2H3/b11-5+/t15-,16+,20-/m0/s1. The summed E-state index contributed by atoms with van der Waals surface area (Å²) in [7, 11) is -1.25. The van der Waals surface area contributed by atoms with Crippen LogP contribution in [-0.4, -0.2) is 27.0 Å². The minimum atomic E-state index is -1.25. The molecule has 0 spiro atoms. The van der Waals surface area contributed by atoms with Gasteiger partial charge in [0.1, 0.15) is 6.10 Å². The van der Waals surface area contributed by atoms with Gasteiger partial charge < -0.3 is 9.84 Å². The van der Waals surface area contributed by atoms with Gasteiger partial charge in [0.15, 0.2) is 4.93 Å². The Morgan fingerprint density at radius 1 is 1.40 bits per heavy atom. The summed E-state index contributed by atoms with van der Waals surface area (Å²) in [6.45, 7) is 4.08. The highest BCUT2D eigenvalue weighted by Gasteiger charge is 2.59. The second kappa shape index (κ2) is 6.66. The number of hydrogen-bond acceptors (Lipinski definition) is 3. The molecule has 1 aromatic carbocycles. The maximum atomic E-state index is 12.8. The molecule has 0 aliphatic carbocycles. The van der Waals surface area contributed by atoms with Gasteiger partial charge in [-0.05, 0) is 31.6 Å². The van der Waals surface area contributed by atoms with Gasteiger partial charge in [-0.2, -0.15) is 0 Å². The highest BCUT2D eigenvalue weighted by Crippen LogP contribution is 2.46. The lowest BCUT2D eigenvalue weighted by molar-refractivity contribution is 0.339. The van der Waals surface area contributed by atoms with Crippen LogP contribution in [0.1, 0.15) is 31.7 Å². The van der Waals surface area contributed by atoms with Crippen molar-refractivity contribution in [3.05, 3.63) is 42.0 Å². The van der Waals surface area contributed by atoms with E-state index in [1.54, 1.807) is 12.2 Å². The predicted octanol–water partition coefficient (Wildman–Crippen LogP) is 2.94. The van der Waals surface area contributed by atoms with Crippen LogP contribution in [0.15, 0.2) is 41.3 Å². The molecular weight excluding hydrogens is 272 g/mol. The number of hydrogen-bond donors (Lipinski definition) is 1. The minimum Gasteiger partial charge on any atom is -0.392 e. The monoisotopic (exact) mass is 294 g/mol. The number of ether oxygens (including phenoxy) is 1. The van der Waals surface area contributed by atoms with Gasteiger partial charge in [-0.15, -0.1) is 0 Å². The fourth-order valence-electron chi connectivity index (χ4n) is 2.27. The second-order valence-electron chi connectivity index (χ2n) is 5.14. The Balaban J connectivity index is 2.18. The zero-order valence-electron chi connectivity index (χ0n) is 12.0. The lowest BCUT2D eigenvalue weighted by Gasteiger charge is -2.09. The van der Waals surface area contributed by atoms with Crippen LogP contribution in [0.4, 0.5) is 0 Å². The van der Waals surface area contributed by atoms with Crippen molar-refractivity contribution in [2.75, 3.05) is 6.61 Å². The average molecular weight is 294 g/mol. The molecule has 0 bridgehead atoms. The Labute approximate surface area is 123 Å². The summed E-state index contributed by atoms with van der Waals surface area (Å²) in [6, 6.07) is 7.69. The van der Waals surface area contributed by atoms with Crippen LogP contribution >= 0.6 is 0 Å². The van der Waals surface area contributed by atoms with E-state index >= 15 is 0 Å². The number of benzene rings is 1. The second-order valence-corrected chi connectivity index (χ2v) is 6.78. The van der Waals surface area contributed by atoms with Crippen molar-refractivity contribution in [1.82, 2.24) is 0 Å². The number of unbranched alkanes of at least 4 members (excludes halogenated alkanes) is 1. The molecule has 0 radical (unpaired) electrons. The molecule has 4 heteroatoms. The van der Waals surface area contributed by atoms with E-state index in [0.29, 0.717) is 0 Å². The smallest absolute Gasteiger partial charge is 0.192 e. The van der Waals surface area contributed by atoms with Crippen molar-refractivity contribution in [2.24, 2.45) is 0 Å². The molecule has 1 aliphatic heterocycles. The minimum absolute atomic E-state index is 0.00705. The quantitative estimate of drug-likeness (QED) is 0.621. The fraction of sp³-hybridized carbons (Fsp3) is 0.500. The first-order chi connectivity index (χ1) is 9.64. The Morgan fingerprint density at radius 2 is 2.10 bits per heavy atom. The molecule has 2 rings (SSSR count). The topological polar surface area (TPSA) is 49.8 Å². The maximum Gasteiger partial charge on any atom is 0.192 e. The molecule has 1 aliphatic rings. The van der Waals surface area contributed by atoms with E-state index in [2.05, 4.69) is 6.92 Å². The Kier molecular flexibility index (Phi) is 5.13. The fourth-order valence-corrected chi connectivity index (χ4v) is 3.80. The summed E-state index contributed by atoms with van der Waals surface area (Å²) in [6.07, 6.45) is 6.44. The third-order valence-electron chi connectivity index (χ3n) is 3.52. The number of rotatable bonds is 7. The molecule has 1 N–H and O–H groups in total. The zero-order chi connectivity index (χ0) is 14.6. The van der Waals surface area contributed by atoms with Crippen molar-refractivity contribution >= 4 is 10.8 Å². The van der Waals surface area contributed by atoms with Crippen LogP contribution in [0.2, 0.25) is 0 Å². The Bertz CT molecular complexity index is 495. The lowest BCUT2D eigenvalue weighted by atomic mass is 10.1. The van der Waals surface area contributed by atoms with E-state index in [9.17, 15) is 4.21 Å². The first-order valence-electron chi connectivity index (χ1n) is 7.09. The molecule has 0 amide bonds. The van der Waals surface area contributed by atoms with Crippen molar-refractivity contribution in [1.29, 1.82) is 0 Å². The van der Waals surface area contributed by atoms with Crippen molar-refractivity contribution < 1.29 is 14.1 Å². The van der Waals surface area contributed by atoms with Gasteiger partial charge in [0.25, 0.3) is 0 Å². The third-order valence-corrected chi connectivity index (χ3v) is 5.29. The van der Waals surface area contributed by atoms with Crippen LogP contribution in [-0.2, 0) is 15.5 Å². The summed E-state index contributed by atoms with van der Waals surface area (Å²) in [4.78, 5) is 0.0323. The van der Waals surface area contributed by atoms with Gasteiger partial charge in [0.05, 0.1) is 17.4 Å². The highest BCUT2D eigenvalue weighted by molar-refractivity contribution is 7.86. The van der Waals surface area contributed by atoms with Gasteiger partial charge in [0.2, 0.25) is 0 Å². The van der Waals surface area contributed by atoms with Gasteiger partial charge in [-0.3, -0.25) is 4.21 Å². The number of epoxide rings is 1. The summed E-state index contributed by atoms with van der Waals surface area (Å²) >= 11 is 0. The molecular formula is C16H22O3S. The van der Waals surface area contributed by atoms with Gasteiger partial charge in [-0.1, -0.05) is 43.5 Å². The SMILES string of the molecule is CCCC[C@@H]1O[C@]1(/C=C/CO)[S@@](=O)c1ccc(C)cc1.